The van der Waals surface area contributed by atoms with Crippen molar-refractivity contribution in [2.75, 3.05) is 0 Å². The van der Waals surface area contributed by atoms with E-state index in [0.29, 0.717) is 22.4 Å². The summed E-state index contributed by atoms with van der Waals surface area (Å²) in [6.45, 7) is 4.29. The third-order valence-corrected chi connectivity index (χ3v) is 8.04. The number of aryl methyl sites for hydroxylation is 2. The highest BCUT2D eigenvalue weighted by Gasteiger charge is 2.25. The molecule has 1 unspecified atom stereocenters. The van der Waals surface area contributed by atoms with Gasteiger partial charge in [-0.1, -0.05) is 54.6 Å². The normalized spacial score (nSPS) is 15.9. The second kappa shape index (κ2) is 8.24. The lowest BCUT2D eigenvalue weighted by Crippen LogP contribution is -2.22. The highest BCUT2D eigenvalue weighted by Crippen LogP contribution is 2.37. The first kappa shape index (κ1) is 20.5. The number of halogens is 1. The van der Waals surface area contributed by atoms with Gasteiger partial charge in [0.2, 0.25) is 0 Å². The fourth-order valence-corrected chi connectivity index (χ4v) is 6.57. The Morgan fingerprint density at radius 3 is 2.74 bits per heavy atom. The van der Waals surface area contributed by atoms with Gasteiger partial charge in [-0.05, 0) is 61.4 Å². The zero-order valence-corrected chi connectivity index (χ0v) is 19.2. The molecule has 0 saturated heterocycles. The fourth-order valence-electron chi connectivity index (χ4n) is 4.15. The van der Waals surface area contributed by atoms with Gasteiger partial charge in [-0.3, -0.25) is 9.36 Å². The van der Waals surface area contributed by atoms with Crippen LogP contribution in [0.5, 0.6) is 0 Å². The second-order valence-electron chi connectivity index (χ2n) is 8.28. The Morgan fingerprint density at radius 1 is 1.19 bits per heavy atom. The van der Waals surface area contributed by atoms with E-state index in [4.69, 9.17) is 4.98 Å². The van der Waals surface area contributed by atoms with E-state index >= 15 is 0 Å². The Kier molecular flexibility index (Phi) is 5.44. The number of hydrogen-bond acceptors (Lipinski definition) is 4. The van der Waals surface area contributed by atoms with E-state index in [9.17, 15) is 9.18 Å². The van der Waals surface area contributed by atoms with Crippen LogP contribution in [0.2, 0.25) is 0 Å². The number of fused-ring (bicyclic) bond motifs is 3. The molecule has 5 rings (SSSR count). The van der Waals surface area contributed by atoms with Crippen molar-refractivity contribution >= 4 is 33.3 Å². The van der Waals surface area contributed by atoms with Crippen LogP contribution in [0, 0.1) is 18.7 Å². The van der Waals surface area contributed by atoms with Crippen LogP contribution in [-0.2, 0) is 18.6 Å². The molecule has 2 aromatic heterocycles. The van der Waals surface area contributed by atoms with Crippen molar-refractivity contribution in [3.8, 4) is 5.69 Å². The van der Waals surface area contributed by atoms with Crippen molar-refractivity contribution < 1.29 is 4.39 Å². The summed E-state index contributed by atoms with van der Waals surface area (Å²) < 4.78 is 15.9. The Hall–Kier alpha value is -2.44. The molecule has 0 radical (unpaired) electrons. The number of thiophene rings is 1. The molecule has 1 atom stereocenters. The van der Waals surface area contributed by atoms with Crippen molar-refractivity contribution in [3.05, 3.63) is 86.3 Å². The Balaban J connectivity index is 1.67. The second-order valence-corrected chi connectivity index (χ2v) is 10.3. The average molecular weight is 451 g/mol. The number of aromatic nitrogens is 2. The summed E-state index contributed by atoms with van der Waals surface area (Å²) in [6, 6.07) is 14.7. The fraction of sp³-hybridized carbons (Fsp3) is 0.280. The highest BCUT2D eigenvalue weighted by molar-refractivity contribution is 7.98. The first-order valence-electron chi connectivity index (χ1n) is 10.5. The topological polar surface area (TPSA) is 34.9 Å². The summed E-state index contributed by atoms with van der Waals surface area (Å²) in [7, 11) is 0. The summed E-state index contributed by atoms with van der Waals surface area (Å²) >= 11 is 3.06. The summed E-state index contributed by atoms with van der Waals surface area (Å²) in [5.74, 6) is 0.814. The predicted octanol–water partition coefficient (Wildman–Crippen LogP) is 6.31. The molecule has 0 bridgehead atoms. The van der Waals surface area contributed by atoms with Crippen LogP contribution in [0.4, 0.5) is 4.39 Å². The number of thioether (sulfide) groups is 1. The summed E-state index contributed by atoms with van der Waals surface area (Å²) in [6.07, 6.45) is 3.05. The molecule has 0 saturated carbocycles. The van der Waals surface area contributed by atoms with E-state index < -0.39 is 0 Å². The van der Waals surface area contributed by atoms with Crippen molar-refractivity contribution in [1.29, 1.82) is 0 Å². The number of hydrogen-bond donors (Lipinski definition) is 0. The number of benzene rings is 2. The third kappa shape index (κ3) is 3.83. The van der Waals surface area contributed by atoms with Crippen LogP contribution in [0.1, 0.15) is 34.9 Å². The molecule has 0 spiro atoms. The number of nitrogens with zero attached hydrogens (tertiary/aromatic N) is 2. The molecule has 2 heterocycles. The molecule has 1 aliphatic rings. The first-order valence-corrected chi connectivity index (χ1v) is 12.3. The molecule has 0 amide bonds. The molecule has 158 valence electrons. The zero-order chi connectivity index (χ0) is 21.5. The minimum Gasteiger partial charge on any atom is -0.268 e. The standard InChI is InChI=1S/C25H23FN2OS2/c1-15-7-10-18(11-8-15)28-24(29)22-19-12-9-16(2)13-21(19)31-23(22)27-25(28)30-14-17-5-3-4-6-20(17)26/h3-8,10-11,16H,9,12-14H2,1-2H3. The minimum atomic E-state index is -0.235. The molecule has 3 nitrogen and oxygen atoms in total. The highest BCUT2D eigenvalue weighted by atomic mass is 32.2. The van der Waals surface area contributed by atoms with E-state index in [1.807, 2.05) is 37.3 Å². The Morgan fingerprint density at radius 2 is 1.97 bits per heavy atom. The predicted molar refractivity (Wildman–Crippen MR) is 127 cm³/mol. The third-order valence-electron chi connectivity index (χ3n) is 5.91. The zero-order valence-electron chi connectivity index (χ0n) is 17.5. The molecular weight excluding hydrogens is 427 g/mol. The van der Waals surface area contributed by atoms with E-state index in [1.54, 1.807) is 28.0 Å². The van der Waals surface area contributed by atoms with Crippen molar-refractivity contribution in [2.45, 2.75) is 44.0 Å². The van der Waals surface area contributed by atoms with Crippen LogP contribution in [0.25, 0.3) is 15.9 Å². The van der Waals surface area contributed by atoms with Gasteiger partial charge >= 0.3 is 0 Å². The molecule has 0 fully saturated rings. The van der Waals surface area contributed by atoms with Gasteiger partial charge in [0.05, 0.1) is 11.1 Å². The van der Waals surface area contributed by atoms with E-state index in [1.165, 1.54) is 28.3 Å². The van der Waals surface area contributed by atoms with Gasteiger partial charge < -0.3 is 0 Å². The lowest BCUT2D eigenvalue weighted by atomic mass is 9.89. The molecule has 0 N–H and O–H groups in total. The van der Waals surface area contributed by atoms with Gasteiger partial charge in [-0.2, -0.15) is 0 Å². The van der Waals surface area contributed by atoms with E-state index in [0.717, 1.165) is 40.7 Å². The molecule has 0 aliphatic heterocycles. The smallest absolute Gasteiger partial charge is 0.267 e. The van der Waals surface area contributed by atoms with Crippen LogP contribution in [0.15, 0.2) is 58.5 Å². The number of rotatable bonds is 4. The van der Waals surface area contributed by atoms with Crippen LogP contribution >= 0.6 is 23.1 Å². The first-order chi connectivity index (χ1) is 15.0. The average Bonchev–Trinajstić information content (AvgIpc) is 3.11. The maximum atomic E-state index is 14.2. The van der Waals surface area contributed by atoms with E-state index in [-0.39, 0.29) is 11.4 Å². The van der Waals surface area contributed by atoms with Crippen LogP contribution < -0.4 is 5.56 Å². The van der Waals surface area contributed by atoms with Gasteiger partial charge in [0.1, 0.15) is 10.6 Å². The van der Waals surface area contributed by atoms with Gasteiger partial charge in [0, 0.05) is 10.6 Å². The van der Waals surface area contributed by atoms with Gasteiger partial charge in [-0.25, -0.2) is 9.37 Å². The van der Waals surface area contributed by atoms with Crippen molar-refractivity contribution in [1.82, 2.24) is 9.55 Å². The van der Waals surface area contributed by atoms with Crippen LogP contribution in [0.3, 0.4) is 0 Å². The summed E-state index contributed by atoms with van der Waals surface area (Å²) in [5, 5.41) is 1.37. The lowest BCUT2D eigenvalue weighted by Gasteiger charge is -2.18. The van der Waals surface area contributed by atoms with E-state index in [2.05, 4.69) is 6.92 Å². The quantitative estimate of drug-likeness (QED) is 0.270. The minimum absolute atomic E-state index is 0.0167. The Labute approximate surface area is 189 Å². The van der Waals surface area contributed by atoms with Gasteiger partial charge in [-0.15, -0.1) is 11.3 Å². The molecule has 6 heteroatoms. The maximum Gasteiger partial charge on any atom is 0.267 e. The summed E-state index contributed by atoms with van der Waals surface area (Å²) in [4.78, 5) is 20.8. The molecule has 4 aromatic rings. The monoisotopic (exact) mass is 450 g/mol. The SMILES string of the molecule is Cc1ccc(-n2c(SCc3ccccc3F)nc3sc4c(c3c2=O)CCC(C)C4)cc1. The maximum absolute atomic E-state index is 14.2. The van der Waals surface area contributed by atoms with Crippen LogP contribution in [-0.4, -0.2) is 9.55 Å². The van der Waals surface area contributed by atoms with Gasteiger partial charge in [0.15, 0.2) is 5.16 Å². The summed E-state index contributed by atoms with van der Waals surface area (Å²) in [5.41, 5.74) is 3.70. The van der Waals surface area contributed by atoms with Gasteiger partial charge in [0.25, 0.3) is 5.56 Å². The molecule has 1 aliphatic carbocycles. The van der Waals surface area contributed by atoms with Crippen molar-refractivity contribution in [3.63, 3.8) is 0 Å². The lowest BCUT2D eigenvalue weighted by molar-refractivity contribution is 0.509. The largest absolute Gasteiger partial charge is 0.268 e. The van der Waals surface area contributed by atoms with Crippen molar-refractivity contribution in [2.24, 2.45) is 5.92 Å². The molecule has 2 aromatic carbocycles. The Bertz CT molecular complexity index is 1320. The molecular formula is C25H23FN2OS2. The molecule has 31 heavy (non-hydrogen) atoms.